The monoisotopic (exact) mass is 202 g/mol. The van der Waals surface area contributed by atoms with Crippen LogP contribution in [0.15, 0.2) is 24.4 Å². The molecule has 1 aromatic heterocycles. The van der Waals surface area contributed by atoms with Crippen LogP contribution in [0.4, 0.5) is 0 Å². The number of aromatic nitrogens is 1. The van der Waals surface area contributed by atoms with Crippen LogP contribution in [0.3, 0.4) is 0 Å². The number of nitrogens with zero attached hydrogens (tertiary/aromatic N) is 1. The summed E-state index contributed by atoms with van der Waals surface area (Å²) < 4.78 is 2.28. The third-order valence-electron chi connectivity index (χ3n) is 2.96. The normalized spacial score (nSPS) is 13.3. The molecule has 2 aromatic rings. The van der Waals surface area contributed by atoms with Crippen molar-refractivity contribution in [1.29, 1.82) is 0 Å². The van der Waals surface area contributed by atoms with E-state index in [1.807, 2.05) is 6.92 Å². The standard InChI is InChI=1S/C13H18N2/c1-4-15-8-9(2)11-6-5-7-12(10(3)14)13(11)15/h5-8,10H,4,14H2,1-3H3. The average Bonchev–Trinajstić information content (AvgIpc) is 2.55. The van der Waals surface area contributed by atoms with Gasteiger partial charge in [-0.25, -0.2) is 0 Å². The maximum Gasteiger partial charge on any atom is 0.0531 e. The summed E-state index contributed by atoms with van der Waals surface area (Å²) in [7, 11) is 0. The van der Waals surface area contributed by atoms with Crippen molar-refractivity contribution in [2.24, 2.45) is 5.73 Å². The van der Waals surface area contributed by atoms with E-state index < -0.39 is 0 Å². The van der Waals surface area contributed by atoms with E-state index in [1.165, 1.54) is 22.0 Å². The summed E-state index contributed by atoms with van der Waals surface area (Å²) in [6.45, 7) is 7.35. The highest BCUT2D eigenvalue weighted by atomic mass is 15.0. The molecule has 0 radical (unpaired) electrons. The molecule has 1 aromatic carbocycles. The molecule has 15 heavy (non-hydrogen) atoms. The van der Waals surface area contributed by atoms with Gasteiger partial charge in [0.15, 0.2) is 0 Å². The topological polar surface area (TPSA) is 30.9 Å². The zero-order valence-corrected chi connectivity index (χ0v) is 9.62. The van der Waals surface area contributed by atoms with E-state index in [0.717, 1.165) is 6.54 Å². The highest BCUT2D eigenvalue weighted by Crippen LogP contribution is 2.27. The minimum Gasteiger partial charge on any atom is -0.347 e. The highest BCUT2D eigenvalue weighted by Gasteiger charge is 2.10. The van der Waals surface area contributed by atoms with Gasteiger partial charge >= 0.3 is 0 Å². The number of benzene rings is 1. The lowest BCUT2D eigenvalue weighted by atomic mass is 10.0. The molecule has 2 N–H and O–H groups in total. The number of rotatable bonds is 2. The zero-order valence-electron chi connectivity index (χ0n) is 9.62. The molecular weight excluding hydrogens is 184 g/mol. The van der Waals surface area contributed by atoms with Gasteiger partial charge in [-0.3, -0.25) is 0 Å². The maximum atomic E-state index is 6.00. The Balaban J connectivity index is 2.82. The molecule has 2 nitrogen and oxygen atoms in total. The summed E-state index contributed by atoms with van der Waals surface area (Å²) in [6, 6.07) is 6.48. The smallest absolute Gasteiger partial charge is 0.0531 e. The van der Waals surface area contributed by atoms with Crippen molar-refractivity contribution in [3.8, 4) is 0 Å². The van der Waals surface area contributed by atoms with Gasteiger partial charge in [0.25, 0.3) is 0 Å². The molecule has 0 saturated heterocycles. The summed E-state index contributed by atoms with van der Waals surface area (Å²) in [5.41, 5.74) is 9.86. The molecule has 0 aliphatic heterocycles. The number of hydrogen-bond acceptors (Lipinski definition) is 1. The summed E-state index contributed by atoms with van der Waals surface area (Å²) >= 11 is 0. The lowest BCUT2D eigenvalue weighted by molar-refractivity contribution is 0.770. The van der Waals surface area contributed by atoms with E-state index in [9.17, 15) is 0 Å². The zero-order chi connectivity index (χ0) is 11.0. The molecule has 1 heterocycles. The fraction of sp³-hybridized carbons (Fsp3) is 0.385. The Morgan fingerprint density at radius 3 is 2.73 bits per heavy atom. The van der Waals surface area contributed by atoms with Crippen LogP contribution >= 0.6 is 0 Å². The van der Waals surface area contributed by atoms with Gasteiger partial charge in [0.2, 0.25) is 0 Å². The lowest BCUT2D eigenvalue weighted by Gasteiger charge is -2.10. The van der Waals surface area contributed by atoms with Crippen molar-refractivity contribution in [1.82, 2.24) is 4.57 Å². The molecule has 0 fully saturated rings. The first kappa shape index (κ1) is 10.2. The molecule has 0 bridgehead atoms. The molecule has 1 atom stereocenters. The van der Waals surface area contributed by atoms with Crippen LogP contribution in [-0.4, -0.2) is 4.57 Å². The molecular formula is C13H18N2. The molecule has 0 aliphatic rings. The Kier molecular flexibility index (Phi) is 2.53. The van der Waals surface area contributed by atoms with Gasteiger partial charge in [-0.1, -0.05) is 18.2 Å². The van der Waals surface area contributed by atoms with Crippen LogP contribution in [0, 0.1) is 6.92 Å². The van der Waals surface area contributed by atoms with Gasteiger partial charge in [-0.2, -0.15) is 0 Å². The van der Waals surface area contributed by atoms with Crippen LogP contribution < -0.4 is 5.73 Å². The SMILES string of the molecule is CCn1cc(C)c2cccc(C(C)N)c21. The minimum absolute atomic E-state index is 0.0910. The average molecular weight is 202 g/mol. The van der Waals surface area contributed by atoms with Crippen LogP contribution in [0.25, 0.3) is 10.9 Å². The summed E-state index contributed by atoms with van der Waals surface area (Å²) in [5, 5.41) is 1.33. The molecule has 0 amide bonds. The first-order valence-electron chi connectivity index (χ1n) is 5.49. The van der Waals surface area contributed by atoms with Crippen LogP contribution in [0.2, 0.25) is 0 Å². The summed E-state index contributed by atoms with van der Waals surface area (Å²) in [6.07, 6.45) is 2.20. The van der Waals surface area contributed by atoms with Gasteiger partial charge in [0.05, 0.1) is 5.52 Å². The van der Waals surface area contributed by atoms with Crippen molar-refractivity contribution in [2.45, 2.75) is 33.4 Å². The largest absolute Gasteiger partial charge is 0.347 e. The van der Waals surface area contributed by atoms with Crippen LogP contribution in [0.5, 0.6) is 0 Å². The molecule has 0 spiro atoms. The van der Waals surface area contributed by atoms with E-state index in [-0.39, 0.29) is 6.04 Å². The summed E-state index contributed by atoms with van der Waals surface area (Å²) in [5.74, 6) is 0. The van der Waals surface area contributed by atoms with E-state index in [4.69, 9.17) is 5.73 Å². The van der Waals surface area contributed by atoms with Crippen molar-refractivity contribution in [3.05, 3.63) is 35.5 Å². The van der Waals surface area contributed by atoms with E-state index in [1.54, 1.807) is 0 Å². The fourth-order valence-electron chi connectivity index (χ4n) is 2.18. The van der Waals surface area contributed by atoms with Crippen molar-refractivity contribution in [2.75, 3.05) is 0 Å². The summed E-state index contributed by atoms with van der Waals surface area (Å²) in [4.78, 5) is 0. The molecule has 1 unspecified atom stereocenters. The second kappa shape index (κ2) is 3.70. The van der Waals surface area contributed by atoms with Crippen LogP contribution in [0.1, 0.15) is 31.0 Å². The van der Waals surface area contributed by atoms with Crippen molar-refractivity contribution < 1.29 is 0 Å². The highest BCUT2D eigenvalue weighted by molar-refractivity contribution is 5.87. The predicted octanol–water partition coefficient (Wildman–Crippen LogP) is 2.99. The third kappa shape index (κ3) is 1.55. The molecule has 2 heteroatoms. The lowest BCUT2D eigenvalue weighted by Crippen LogP contribution is -2.07. The predicted molar refractivity (Wildman–Crippen MR) is 65.0 cm³/mol. The number of para-hydroxylation sites is 1. The Bertz CT molecular complexity index is 480. The molecule has 0 aliphatic carbocycles. The van der Waals surface area contributed by atoms with Gasteiger partial charge in [-0.05, 0) is 31.9 Å². The second-order valence-electron chi connectivity index (χ2n) is 4.13. The Morgan fingerprint density at radius 2 is 2.13 bits per heavy atom. The van der Waals surface area contributed by atoms with Crippen molar-refractivity contribution in [3.63, 3.8) is 0 Å². The number of fused-ring (bicyclic) bond motifs is 1. The van der Waals surface area contributed by atoms with Gasteiger partial charge in [0.1, 0.15) is 0 Å². The fourth-order valence-corrected chi connectivity index (χ4v) is 2.18. The number of nitrogens with two attached hydrogens (primary N) is 1. The molecule has 2 rings (SSSR count). The van der Waals surface area contributed by atoms with Crippen LogP contribution in [-0.2, 0) is 6.54 Å². The molecule has 80 valence electrons. The van der Waals surface area contributed by atoms with Gasteiger partial charge in [-0.15, -0.1) is 0 Å². The van der Waals surface area contributed by atoms with E-state index in [0.29, 0.717) is 0 Å². The number of hydrogen-bond donors (Lipinski definition) is 1. The Morgan fingerprint density at radius 1 is 1.40 bits per heavy atom. The second-order valence-corrected chi connectivity index (χ2v) is 4.13. The Labute approximate surface area is 90.7 Å². The Hall–Kier alpha value is -1.28. The third-order valence-corrected chi connectivity index (χ3v) is 2.96. The van der Waals surface area contributed by atoms with Gasteiger partial charge < -0.3 is 10.3 Å². The number of aryl methyl sites for hydroxylation is 2. The minimum atomic E-state index is 0.0910. The first-order chi connectivity index (χ1) is 7.15. The van der Waals surface area contributed by atoms with Crippen molar-refractivity contribution >= 4 is 10.9 Å². The van der Waals surface area contributed by atoms with E-state index >= 15 is 0 Å². The molecule has 0 saturated carbocycles. The first-order valence-corrected chi connectivity index (χ1v) is 5.49. The van der Waals surface area contributed by atoms with Gasteiger partial charge in [0, 0.05) is 24.2 Å². The van der Waals surface area contributed by atoms with E-state index in [2.05, 4.69) is 42.8 Å². The quantitative estimate of drug-likeness (QED) is 0.797. The maximum absolute atomic E-state index is 6.00.